The largest absolute Gasteiger partial charge is 0.496 e. The summed E-state index contributed by atoms with van der Waals surface area (Å²) in [6.07, 6.45) is 0. The average Bonchev–Trinajstić information content (AvgIpc) is 3.05. The van der Waals surface area contributed by atoms with E-state index in [-0.39, 0.29) is 11.3 Å². The molecule has 7 heteroatoms. The van der Waals surface area contributed by atoms with E-state index in [9.17, 15) is 9.59 Å². The van der Waals surface area contributed by atoms with Crippen molar-refractivity contribution in [2.45, 2.75) is 17.8 Å². The van der Waals surface area contributed by atoms with Crippen molar-refractivity contribution >= 4 is 39.1 Å². The van der Waals surface area contributed by atoms with E-state index in [1.54, 1.807) is 36.9 Å². The molecule has 0 saturated carbocycles. The lowest BCUT2D eigenvalue weighted by atomic mass is 10.1. The molecule has 24 heavy (non-hydrogen) atoms. The number of carbonyl (C=O) groups excluding carboxylic acids is 1. The smallest absolute Gasteiger partial charge is 0.262 e. The standard InChI is InChI=1S/C17H16N2O3S2/c1-10(20)11-4-5-14(22-3)12(8-11)9-24-17-18-15-13(6-7-23-15)16(21)19(17)2/h4-8H,9H2,1-3H3. The topological polar surface area (TPSA) is 61.2 Å². The maximum atomic E-state index is 12.3. The maximum Gasteiger partial charge on any atom is 0.262 e. The van der Waals surface area contributed by atoms with Crippen LogP contribution in [0.1, 0.15) is 22.8 Å². The summed E-state index contributed by atoms with van der Waals surface area (Å²) in [4.78, 5) is 29.2. The van der Waals surface area contributed by atoms with Crippen LogP contribution in [-0.2, 0) is 12.8 Å². The molecule has 2 heterocycles. The van der Waals surface area contributed by atoms with Gasteiger partial charge < -0.3 is 4.74 Å². The summed E-state index contributed by atoms with van der Waals surface area (Å²) in [5, 5.41) is 3.15. The van der Waals surface area contributed by atoms with Gasteiger partial charge in [-0.2, -0.15) is 0 Å². The molecule has 1 aromatic carbocycles. The van der Waals surface area contributed by atoms with Crippen LogP contribution in [0.15, 0.2) is 39.6 Å². The summed E-state index contributed by atoms with van der Waals surface area (Å²) in [5.74, 6) is 1.28. The molecular weight excluding hydrogens is 344 g/mol. The van der Waals surface area contributed by atoms with Gasteiger partial charge in [0, 0.05) is 23.9 Å². The summed E-state index contributed by atoms with van der Waals surface area (Å²) >= 11 is 2.90. The number of nitrogens with zero attached hydrogens (tertiary/aromatic N) is 2. The molecule has 0 saturated heterocycles. The van der Waals surface area contributed by atoms with Gasteiger partial charge >= 0.3 is 0 Å². The fraction of sp³-hybridized carbons (Fsp3) is 0.235. The van der Waals surface area contributed by atoms with Crippen LogP contribution >= 0.6 is 23.1 Å². The lowest BCUT2D eigenvalue weighted by molar-refractivity contribution is 0.101. The molecule has 3 aromatic rings. The van der Waals surface area contributed by atoms with E-state index < -0.39 is 0 Å². The van der Waals surface area contributed by atoms with E-state index in [2.05, 4.69) is 4.98 Å². The van der Waals surface area contributed by atoms with Crippen LogP contribution in [0.3, 0.4) is 0 Å². The van der Waals surface area contributed by atoms with E-state index in [4.69, 9.17) is 4.74 Å². The molecule has 0 amide bonds. The number of methoxy groups -OCH3 is 1. The van der Waals surface area contributed by atoms with Crippen molar-refractivity contribution < 1.29 is 9.53 Å². The number of Topliss-reactive ketones (excluding diaryl/α,β-unsaturated/α-hetero) is 1. The Bertz CT molecular complexity index is 976. The first kappa shape index (κ1) is 16.7. The Hall–Kier alpha value is -2.12. The summed E-state index contributed by atoms with van der Waals surface area (Å²) in [7, 11) is 3.32. The predicted octanol–water partition coefficient (Wildman–Crippen LogP) is 3.50. The number of ether oxygens (including phenoxy) is 1. The third kappa shape index (κ3) is 3.09. The zero-order valence-electron chi connectivity index (χ0n) is 13.5. The normalized spacial score (nSPS) is 11.0. The number of hydrogen-bond donors (Lipinski definition) is 0. The fourth-order valence-corrected chi connectivity index (χ4v) is 4.12. The Kier molecular flexibility index (Phi) is 4.73. The maximum absolute atomic E-state index is 12.3. The molecular formula is C17H16N2O3S2. The average molecular weight is 360 g/mol. The third-order valence-corrected chi connectivity index (χ3v) is 5.59. The molecule has 0 bridgehead atoms. The number of ketones is 1. The first-order chi connectivity index (χ1) is 11.5. The van der Waals surface area contributed by atoms with E-state index in [0.29, 0.717) is 21.9 Å². The number of thiophene rings is 1. The van der Waals surface area contributed by atoms with Crippen molar-refractivity contribution in [3.8, 4) is 5.75 Å². The van der Waals surface area contributed by atoms with Crippen LogP contribution in [0, 0.1) is 0 Å². The highest BCUT2D eigenvalue weighted by molar-refractivity contribution is 7.98. The minimum atomic E-state index is -0.0480. The molecule has 0 spiro atoms. The summed E-state index contributed by atoms with van der Waals surface area (Å²) in [6.45, 7) is 1.54. The van der Waals surface area contributed by atoms with Crippen molar-refractivity contribution in [1.82, 2.24) is 9.55 Å². The van der Waals surface area contributed by atoms with Crippen molar-refractivity contribution in [2.75, 3.05) is 7.11 Å². The van der Waals surface area contributed by atoms with Crippen LogP contribution < -0.4 is 10.3 Å². The number of rotatable bonds is 5. The number of hydrogen-bond acceptors (Lipinski definition) is 6. The van der Waals surface area contributed by atoms with Gasteiger partial charge in [0.1, 0.15) is 10.6 Å². The molecule has 0 aliphatic heterocycles. The Morgan fingerprint density at radius 3 is 2.88 bits per heavy atom. The van der Waals surface area contributed by atoms with E-state index >= 15 is 0 Å². The zero-order chi connectivity index (χ0) is 17.3. The molecule has 124 valence electrons. The van der Waals surface area contributed by atoms with Crippen molar-refractivity contribution in [2.24, 2.45) is 7.05 Å². The van der Waals surface area contributed by atoms with Gasteiger partial charge in [-0.1, -0.05) is 11.8 Å². The van der Waals surface area contributed by atoms with Gasteiger partial charge in [-0.15, -0.1) is 11.3 Å². The Morgan fingerprint density at radius 1 is 1.38 bits per heavy atom. The Balaban J connectivity index is 1.93. The second kappa shape index (κ2) is 6.78. The number of aromatic nitrogens is 2. The Labute approximate surface area is 147 Å². The number of carbonyl (C=O) groups is 1. The highest BCUT2D eigenvalue weighted by Crippen LogP contribution is 2.28. The molecule has 0 aliphatic carbocycles. The first-order valence-electron chi connectivity index (χ1n) is 7.26. The molecule has 0 atom stereocenters. The minimum absolute atomic E-state index is 0.00873. The van der Waals surface area contributed by atoms with Crippen LogP contribution in [-0.4, -0.2) is 22.4 Å². The molecule has 2 aromatic heterocycles. The van der Waals surface area contributed by atoms with E-state index in [0.717, 1.165) is 16.1 Å². The zero-order valence-corrected chi connectivity index (χ0v) is 15.2. The van der Waals surface area contributed by atoms with Gasteiger partial charge in [-0.05, 0) is 36.6 Å². The molecule has 0 unspecified atom stereocenters. The molecule has 5 nitrogen and oxygen atoms in total. The van der Waals surface area contributed by atoms with Crippen molar-refractivity contribution in [3.05, 3.63) is 51.1 Å². The van der Waals surface area contributed by atoms with Crippen LogP contribution in [0.2, 0.25) is 0 Å². The van der Waals surface area contributed by atoms with Gasteiger partial charge in [-0.25, -0.2) is 4.98 Å². The van der Waals surface area contributed by atoms with Crippen LogP contribution in [0.5, 0.6) is 5.75 Å². The highest BCUT2D eigenvalue weighted by Gasteiger charge is 2.12. The summed E-state index contributed by atoms with van der Waals surface area (Å²) < 4.78 is 6.93. The predicted molar refractivity (Wildman–Crippen MR) is 97.4 cm³/mol. The second-order valence-electron chi connectivity index (χ2n) is 5.27. The van der Waals surface area contributed by atoms with Gasteiger partial charge in [0.25, 0.3) is 5.56 Å². The lowest BCUT2D eigenvalue weighted by Crippen LogP contribution is -2.19. The van der Waals surface area contributed by atoms with Gasteiger partial charge in [0.2, 0.25) is 0 Å². The van der Waals surface area contributed by atoms with Gasteiger partial charge in [0.15, 0.2) is 10.9 Å². The quantitative estimate of drug-likeness (QED) is 0.396. The monoisotopic (exact) mass is 360 g/mol. The lowest BCUT2D eigenvalue weighted by Gasteiger charge is -2.11. The highest BCUT2D eigenvalue weighted by atomic mass is 32.2. The van der Waals surface area contributed by atoms with Crippen LogP contribution in [0.4, 0.5) is 0 Å². The first-order valence-corrected chi connectivity index (χ1v) is 9.12. The molecule has 3 rings (SSSR count). The molecule has 0 aliphatic rings. The summed E-state index contributed by atoms with van der Waals surface area (Å²) in [6, 6.07) is 7.17. The molecule has 0 radical (unpaired) electrons. The number of thioether (sulfide) groups is 1. The van der Waals surface area contributed by atoms with E-state index in [1.165, 1.54) is 30.0 Å². The van der Waals surface area contributed by atoms with Crippen LogP contribution in [0.25, 0.3) is 10.2 Å². The van der Waals surface area contributed by atoms with Gasteiger partial charge in [0.05, 0.1) is 12.5 Å². The van der Waals surface area contributed by atoms with Crippen molar-refractivity contribution in [3.63, 3.8) is 0 Å². The SMILES string of the molecule is COc1ccc(C(C)=O)cc1CSc1nc2sccc2c(=O)n1C. The van der Waals surface area contributed by atoms with Gasteiger partial charge in [-0.3, -0.25) is 14.2 Å². The molecule has 0 fully saturated rings. The second-order valence-corrected chi connectivity index (χ2v) is 7.11. The molecule has 0 N–H and O–H groups in total. The number of benzene rings is 1. The number of fused-ring (bicyclic) bond motifs is 1. The van der Waals surface area contributed by atoms with E-state index in [1.807, 2.05) is 11.4 Å². The van der Waals surface area contributed by atoms with Crippen molar-refractivity contribution in [1.29, 1.82) is 0 Å². The summed E-state index contributed by atoms with van der Waals surface area (Å²) in [5.41, 5.74) is 1.49. The Morgan fingerprint density at radius 2 is 2.17 bits per heavy atom. The fourth-order valence-electron chi connectivity index (χ4n) is 2.36. The third-order valence-electron chi connectivity index (χ3n) is 3.71. The minimum Gasteiger partial charge on any atom is -0.496 e.